The molecule has 0 saturated carbocycles. The van der Waals surface area contributed by atoms with E-state index < -0.39 is 26.5 Å². The van der Waals surface area contributed by atoms with Crippen LogP contribution in [0.3, 0.4) is 0 Å². The van der Waals surface area contributed by atoms with Crippen molar-refractivity contribution in [2.45, 2.75) is 95.7 Å². The Hall–Kier alpha value is -3.69. The molecular formula is C35H47N3O5Si. The molecule has 0 spiro atoms. The molecule has 2 N–H and O–H groups in total. The molecule has 8 nitrogen and oxygen atoms in total. The van der Waals surface area contributed by atoms with Crippen LogP contribution in [0, 0.1) is 0 Å². The smallest absolute Gasteiger partial charge is 0.407 e. The van der Waals surface area contributed by atoms with E-state index >= 15 is 0 Å². The number of methoxy groups -OCH3 is 1. The number of pyridine rings is 1. The van der Waals surface area contributed by atoms with Crippen molar-refractivity contribution in [1.29, 1.82) is 0 Å². The molecule has 0 aliphatic carbocycles. The number of hydrogen-bond donors (Lipinski definition) is 2. The van der Waals surface area contributed by atoms with Crippen LogP contribution in [0.4, 0.5) is 10.6 Å². The van der Waals surface area contributed by atoms with Crippen LogP contribution >= 0.6 is 0 Å². The maximum absolute atomic E-state index is 12.8. The minimum Gasteiger partial charge on any atom is -0.465 e. The Morgan fingerprint density at radius 3 is 2.20 bits per heavy atom. The van der Waals surface area contributed by atoms with Gasteiger partial charge in [-0.15, -0.1) is 0 Å². The number of amides is 1. The number of nitrogens with one attached hydrogen (secondary N) is 1. The number of benzene rings is 2. The highest BCUT2D eigenvalue weighted by molar-refractivity contribution is 6.74. The van der Waals surface area contributed by atoms with Gasteiger partial charge >= 0.3 is 12.1 Å². The summed E-state index contributed by atoms with van der Waals surface area (Å²) >= 11 is 0. The Balaban J connectivity index is 1.62. The molecule has 236 valence electrons. The summed E-state index contributed by atoms with van der Waals surface area (Å²) in [6.07, 6.45) is 2.36. The van der Waals surface area contributed by atoms with E-state index in [1.54, 1.807) is 17.0 Å². The number of likely N-dealkylation sites (tertiary alicyclic amines) is 1. The van der Waals surface area contributed by atoms with E-state index in [1.807, 2.05) is 48.7 Å². The zero-order valence-corrected chi connectivity index (χ0v) is 28.3. The van der Waals surface area contributed by atoms with Gasteiger partial charge in [0, 0.05) is 17.8 Å². The van der Waals surface area contributed by atoms with E-state index in [4.69, 9.17) is 14.1 Å². The second kappa shape index (κ2) is 13.1. The van der Waals surface area contributed by atoms with E-state index in [0.29, 0.717) is 24.8 Å². The molecule has 1 aliphatic rings. The number of esters is 1. The van der Waals surface area contributed by atoms with Gasteiger partial charge in [-0.25, -0.2) is 14.6 Å². The van der Waals surface area contributed by atoms with Crippen LogP contribution in [0.2, 0.25) is 18.1 Å². The monoisotopic (exact) mass is 617 g/mol. The minimum absolute atomic E-state index is 0.0622. The van der Waals surface area contributed by atoms with E-state index in [1.165, 1.54) is 7.11 Å². The maximum Gasteiger partial charge on any atom is 0.407 e. The van der Waals surface area contributed by atoms with E-state index in [2.05, 4.69) is 65.2 Å². The van der Waals surface area contributed by atoms with E-state index in [9.17, 15) is 14.7 Å². The minimum atomic E-state index is -2.30. The molecule has 3 atom stereocenters. The molecule has 1 aromatic heterocycles. The molecule has 9 heteroatoms. The average molecular weight is 618 g/mol. The van der Waals surface area contributed by atoms with Crippen molar-refractivity contribution >= 4 is 26.2 Å². The van der Waals surface area contributed by atoms with Crippen LogP contribution in [-0.4, -0.2) is 54.6 Å². The lowest BCUT2D eigenvalue weighted by Gasteiger charge is -2.42. The Bertz CT molecular complexity index is 1420. The van der Waals surface area contributed by atoms with Gasteiger partial charge < -0.3 is 19.6 Å². The lowest BCUT2D eigenvalue weighted by molar-refractivity contribution is 0.0596. The highest BCUT2D eigenvalue weighted by atomic mass is 28.4. The lowest BCUT2D eigenvalue weighted by atomic mass is 9.94. The van der Waals surface area contributed by atoms with E-state index in [0.717, 1.165) is 22.5 Å². The van der Waals surface area contributed by atoms with Crippen LogP contribution in [0.1, 0.15) is 80.6 Å². The summed E-state index contributed by atoms with van der Waals surface area (Å²) in [7, 11) is -0.948. The molecule has 4 rings (SSSR count). The summed E-state index contributed by atoms with van der Waals surface area (Å²) < 4.78 is 11.8. The van der Waals surface area contributed by atoms with E-state index in [-0.39, 0.29) is 22.7 Å². The topological polar surface area (TPSA) is 101 Å². The van der Waals surface area contributed by atoms with Crippen molar-refractivity contribution in [2.75, 3.05) is 12.4 Å². The quantitative estimate of drug-likeness (QED) is 0.175. The average Bonchev–Trinajstić information content (AvgIpc) is 3.39. The van der Waals surface area contributed by atoms with Crippen LogP contribution in [0.25, 0.3) is 0 Å². The summed E-state index contributed by atoms with van der Waals surface area (Å²) in [6, 6.07) is 20.8. The van der Waals surface area contributed by atoms with Crippen LogP contribution in [0.5, 0.6) is 0 Å². The van der Waals surface area contributed by atoms with Gasteiger partial charge in [0.25, 0.3) is 0 Å². The van der Waals surface area contributed by atoms with Gasteiger partial charge in [0.05, 0.1) is 30.4 Å². The van der Waals surface area contributed by atoms with Crippen LogP contribution in [-0.2, 0) is 21.1 Å². The molecule has 1 saturated heterocycles. The Morgan fingerprint density at radius 1 is 1.00 bits per heavy atom. The van der Waals surface area contributed by atoms with Gasteiger partial charge in [-0.3, -0.25) is 4.90 Å². The molecule has 0 bridgehead atoms. The van der Waals surface area contributed by atoms with Gasteiger partial charge in [0.1, 0.15) is 5.82 Å². The Labute approximate surface area is 262 Å². The zero-order valence-electron chi connectivity index (χ0n) is 27.3. The molecule has 3 aromatic rings. The molecular weight excluding hydrogens is 570 g/mol. The number of hydrogen-bond acceptors (Lipinski definition) is 6. The number of anilines is 1. The van der Waals surface area contributed by atoms with Crippen molar-refractivity contribution in [3.63, 3.8) is 0 Å². The predicted molar refractivity (Wildman–Crippen MR) is 177 cm³/mol. The van der Waals surface area contributed by atoms with Crippen LogP contribution in [0.15, 0.2) is 72.9 Å². The van der Waals surface area contributed by atoms with Gasteiger partial charge in [0.2, 0.25) is 0 Å². The molecule has 0 radical (unpaired) electrons. The first-order valence-electron chi connectivity index (χ1n) is 15.3. The number of rotatable bonds is 10. The summed E-state index contributed by atoms with van der Waals surface area (Å²) in [4.78, 5) is 31.1. The molecule has 1 amide bonds. The number of carbonyl (C=O) groups is 2. The van der Waals surface area contributed by atoms with Gasteiger partial charge in [0.15, 0.2) is 8.32 Å². The molecule has 1 aliphatic heterocycles. The SMILES string of the molecule is COC(=O)c1ccc(C[C@@H]2CC[C@H]([C@H](O[Si](C)(C)C(C)(C)C)c3ccc(NC(C)(C)c4ccccc4)nc3)N2C(=O)O)cc1. The standard InChI is InChI=1S/C35H47N3O5Si/c1-34(2,3)44(7,8)43-31(26-18-21-30(36-23-26)37-35(4,5)27-12-10-9-11-13-27)29-20-19-28(38(29)33(40)41)22-24-14-16-25(17-15-24)32(39)42-6/h9-18,21,23,28-29,31H,19-20,22H2,1-8H3,(H,36,37)(H,40,41)/t28-,29+,31+/m0/s1. The second-order valence-corrected chi connectivity index (χ2v) is 18.5. The highest BCUT2D eigenvalue weighted by Crippen LogP contribution is 2.44. The first-order valence-corrected chi connectivity index (χ1v) is 18.2. The Morgan fingerprint density at radius 2 is 1.66 bits per heavy atom. The third-order valence-electron chi connectivity index (χ3n) is 9.24. The number of aromatic nitrogens is 1. The van der Waals surface area contributed by atoms with Gasteiger partial charge in [-0.2, -0.15) is 0 Å². The van der Waals surface area contributed by atoms with Crippen molar-refractivity contribution < 1.29 is 23.9 Å². The fourth-order valence-corrected chi connectivity index (χ4v) is 6.91. The molecule has 1 fully saturated rings. The third-order valence-corrected chi connectivity index (χ3v) is 13.7. The first-order chi connectivity index (χ1) is 20.6. The zero-order chi connectivity index (χ0) is 32.3. The van der Waals surface area contributed by atoms with Crippen LogP contribution < -0.4 is 5.32 Å². The lowest BCUT2D eigenvalue weighted by Crippen LogP contribution is -2.49. The highest BCUT2D eigenvalue weighted by Gasteiger charge is 2.47. The fourth-order valence-electron chi connectivity index (χ4n) is 5.63. The third kappa shape index (κ3) is 7.50. The molecule has 2 heterocycles. The van der Waals surface area contributed by atoms with Gasteiger partial charge in [-0.05, 0) is 80.6 Å². The summed E-state index contributed by atoms with van der Waals surface area (Å²) in [5.74, 6) is 0.345. The normalized spacial score (nSPS) is 18.1. The largest absolute Gasteiger partial charge is 0.465 e. The van der Waals surface area contributed by atoms with Crippen molar-refractivity contribution in [3.05, 3.63) is 95.2 Å². The summed E-state index contributed by atoms with van der Waals surface area (Å²) in [5.41, 5.74) is 3.13. The van der Waals surface area contributed by atoms with Crippen molar-refractivity contribution in [1.82, 2.24) is 9.88 Å². The molecule has 2 aromatic carbocycles. The number of ether oxygens (including phenoxy) is 1. The molecule has 0 unspecified atom stereocenters. The van der Waals surface area contributed by atoms with Crippen molar-refractivity contribution in [2.24, 2.45) is 0 Å². The van der Waals surface area contributed by atoms with Crippen molar-refractivity contribution in [3.8, 4) is 0 Å². The summed E-state index contributed by atoms with van der Waals surface area (Å²) in [6.45, 7) is 15.2. The number of nitrogens with zero attached hydrogens (tertiary/aromatic N) is 2. The van der Waals surface area contributed by atoms with Gasteiger partial charge in [-0.1, -0.05) is 69.3 Å². The Kier molecular flexibility index (Phi) is 9.90. The summed E-state index contributed by atoms with van der Waals surface area (Å²) in [5, 5.41) is 14.0. The number of carbonyl (C=O) groups excluding carboxylic acids is 1. The first kappa shape index (κ1) is 33.2. The second-order valence-electron chi connectivity index (χ2n) is 13.8. The predicted octanol–water partition coefficient (Wildman–Crippen LogP) is 8.03. The maximum atomic E-state index is 12.8. The molecule has 44 heavy (non-hydrogen) atoms. The fraction of sp³-hybridized carbons (Fsp3) is 0.457. The number of carboxylic acid groups (broad SMARTS) is 1.